The number of benzene rings is 3. The van der Waals surface area contributed by atoms with E-state index in [0.717, 1.165) is 43.8 Å². The van der Waals surface area contributed by atoms with Crippen molar-refractivity contribution in [3.05, 3.63) is 95.3 Å². The molecule has 174 valence electrons. The van der Waals surface area contributed by atoms with Crippen molar-refractivity contribution in [2.75, 3.05) is 0 Å². The molecule has 0 saturated carbocycles. The van der Waals surface area contributed by atoms with Crippen molar-refractivity contribution in [1.82, 2.24) is 9.97 Å². The minimum Gasteiger partial charge on any atom is -0.454 e. The van der Waals surface area contributed by atoms with Crippen molar-refractivity contribution in [3.8, 4) is 22.4 Å². The third kappa shape index (κ3) is 3.07. The first-order valence-electron chi connectivity index (χ1n) is 14.7. The second-order valence-corrected chi connectivity index (χ2v) is 9.22. The summed E-state index contributed by atoms with van der Waals surface area (Å²) in [5.41, 5.74) is 6.84. The molecule has 0 aliphatic carbocycles. The van der Waals surface area contributed by atoms with Crippen molar-refractivity contribution in [2.45, 2.75) is 27.6 Å². The maximum absolute atomic E-state index is 8.02. The minimum atomic E-state index is -2.34. The van der Waals surface area contributed by atoms with Crippen molar-refractivity contribution in [2.24, 2.45) is 0 Å². The normalized spacial score (nSPS) is 15.1. The summed E-state index contributed by atoms with van der Waals surface area (Å²) in [5, 5.41) is 3.33. The number of fused-ring (bicyclic) bond motifs is 6. The maximum atomic E-state index is 8.02. The number of hydrogen-bond acceptors (Lipinski definition) is 4. The van der Waals surface area contributed by atoms with Crippen molar-refractivity contribution >= 4 is 44.0 Å². The Morgan fingerprint density at radius 2 is 1.69 bits per heavy atom. The van der Waals surface area contributed by atoms with Crippen LogP contribution < -0.4 is 0 Å². The first-order chi connectivity index (χ1) is 19.9. The van der Waals surface area contributed by atoms with E-state index in [2.05, 4.69) is 9.97 Å². The van der Waals surface area contributed by atoms with Gasteiger partial charge < -0.3 is 8.83 Å². The Bertz CT molecular complexity index is 2210. The first-order valence-corrected chi connectivity index (χ1v) is 11.7. The van der Waals surface area contributed by atoms with Crippen LogP contribution in [-0.4, -0.2) is 9.97 Å². The Morgan fingerprint density at radius 1 is 0.750 bits per heavy atom. The van der Waals surface area contributed by atoms with Gasteiger partial charge in [0.25, 0.3) is 0 Å². The second-order valence-electron chi connectivity index (χ2n) is 9.22. The largest absolute Gasteiger partial charge is 0.454 e. The highest BCUT2D eigenvalue weighted by Crippen LogP contribution is 2.39. The lowest BCUT2D eigenvalue weighted by Crippen LogP contribution is -1.85. The quantitative estimate of drug-likeness (QED) is 0.251. The number of nitrogens with zero attached hydrogens (tertiary/aromatic N) is 2. The highest BCUT2D eigenvalue weighted by molar-refractivity contribution is 6.11. The molecule has 0 N–H and O–H groups in total. The van der Waals surface area contributed by atoms with E-state index in [1.54, 1.807) is 18.3 Å². The SMILES string of the molecule is [2H]C([2H])([2H])c1cc(C)c2c(n1)oc1c(-c3cc4c(cn3)oc3cc(-c5ccc(C)cc5C([2H])([2H])[2H])ccc34)cccc12. The molecule has 0 spiro atoms. The zero-order chi connectivity index (χ0) is 29.6. The fourth-order valence-electron chi connectivity index (χ4n) is 5.09. The summed E-state index contributed by atoms with van der Waals surface area (Å²) in [5.74, 6) is 0. The summed E-state index contributed by atoms with van der Waals surface area (Å²) >= 11 is 0. The van der Waals surface area contributed by atoms with Crippen molar-refractivity contribution < 1.29 is 17.1 Å². The molecule has 0 saturated heterocycles. The van der Waals surface area contributed by atoms with E-state index < -0.39 is 13.7 Å². The lowest BCUT2D eigenvalue weighted by Gasteiger charge is -2.07. The molecule has 3 aromatic carbocycles. The summed E-state index contributed by atoms with van der Waals surface area (Å²) in [6.45, 7) is -0.856. The van der Waals surface area contributed by atoms with Gasteiger partial charge >= 0.3 is 0 Å². The van der Waals surface area contributed by atoms with Gasteiger partial charge in [-0.3, -0.25) is 4.98 Å². The van der Waals surface area contributed by atoms with Gasteiger partial charge in [-0.05, 0) is 80.1 Å². The van der Waals surface area contributed by atoms with E-state index in [9.17, 15) is 0 Å². The smallest absolute Gasteiger partial charge is 0.227 e. The van der Waals surface area contributed by atoms with Crippen LogP contribution in [0.1, 0.15) is 30.6 Å². The highest BCUT2D eigenvalue weighted by atomic mass is 16.3. The summed E-state index contributed by atoms with van der Waals surface area (Å²) in [4.78, 5) is 8.99. The number of rotatable bonds is 2. The molecule has 4 nitrogen and oxygen atoms in total. The summed E-state index contributed by atoms with van der Waals surface area (Å²) < 4.78 is 59.7. The predicted octanol–water partition coefficient (Wildman–Crippen LogP) is 8.84. The van der Waals surface area contributed by atoms with Crippen LogP contribution in [0.4, 0.5) is 0 Å². The Kier molecular flexibility index (Phi) is 3.25. The van der Waals surface area contributed by atoms with E-state index in [4.69, 9.17) is 17.1 Å². The number of para-hydroxylation sites is 1. The molecule has 4 aromatic heterocycles. The van der Waals surface area contributed by atoms with Gasteiger partial charge in [-0.25, -0.2) is 4.98 Å². The monoisotopic (exact) mass is 474 g/mol. The topological polar surface area (TPSA) is 52.1 Å². The molecule has 36 heavy (non-hydrogen) atoms. The van der Waals surface area contributed by atoms with Crippen molar-refractivity contribution in [3.63, 3.8) is 0 Å². The van der Waals surface area contributed by atoms with Gasteiger partial charge in [0, 0.05) is 35.6 Å². The number of furan rings is 2. The van der Waals surface area contributed by atoms with Gasteiger partial charge in [0.05, 0.1) is 17.3 Å². The number of aromatic nitrogens is 2. The van der Waals surface area contributed by atoms with Crippen LogP contribution in [0.25, 0.3) is 66.4 Å². The Morgan fingerprint density at radius 3 is 2.58 bits per heavy atom. The molecular weight excluding hydrogens is 444 g/mol. The molecular formula is C32H24N2O2. The van der Waals surface area contributed by atoms with Gasteiger partial charge in [0.15, 0.2) is 5.58 Å². The van der Waals surface area contributed by atoms with E-state index in [0.29, 0.717) is 33.6 Å². The van der Waals surface area contributed by atoms with Crippen LogP contribution in [0.15, 0.2) is 81.8 Å². The average Bonchev–Trinajstić information content (AvgIpc) is 3.49. The number of hydrogen-bond donors (Lipinski definition) is 0. The standard InChI is InChI=1S/C32H24N2O2/c1-17-8-10-22(18(2)12-17)21-9-11-23-26-15-27(33-16-29(26)35-28(23)14-21)24-6-5-7-25-30-19(3)13-20(4)34-32(30)36-31(24)25/h5-16H,1-4H3/i2D3,4D3. The molecule has 0 radical (unpaired) electrons. The zero-order valence-electron chi connectivity index (χ0n) is 25.6. The molecule has 0 bridgehead atoms. The summed E-state index contributed by atoms with van der Waals surface area (Å²) in [7, 11) is 0. The molecule has 0 fully saturated rings. The van der Waals surface area contributed by atoms with Gasteiger partial charge in [-0.15, -0.1) is 0 Å². The Balaban J connectivity index is 1.38. The number of aryl methyl sites for hydroxylation is 4. The molecule has 0 aliphatic rings. The van der Waals surface area contributed by atoms with Crippen molar-refractivity contribution in [1.29, 1.82) is 0 Å². The van der Waals surface area contributed by atoms with Crippen LogP contribution in [-0.2, 0) is 0 Å². The first kappa shape index (κ1) is 15.5. The lowest BCUT2D eigenvalue weighted by molar-refractivity contribution is 0.653. The molecule has 0 amide bonds. The average molecular weight is 475 g/mol. The second kappa shape index (κ2) is 7.53. The molecule has 7 rings (SSSR count). The van der Waals surface area contributed by atoms with E-state index in [1.807, 2.05) is 68.4 Å². The minimum absolute atomic E-state index is 0.00601. The van der Waals surface area contributed by atoms with E-state index in [1.165, 1.54) is 0 Å². The molecule has 7 aromatic rings. The van der Waals surface area contributed by atoms with Gasteiger partial charge in [-0.1, -0.05) is 42.0 Å². The van der Waals surface area contributed by atoms with Crippen LogP contribution in [0.3, 0.4) is 0 Å². The summed E-state index contributed by atoms with van der Waals surface area (Å²) in [6.07, 6.45) is 1.67. The van der Waals surface area contributed by atoms with Crippen LogP contribution in [0.5, 0.6) is 0 Å². The fraction of sp³-hybridized carbons (Fsp3) is 0.125. The predicted molar refractivity (Wildman–Crippen MR) is 146 cm³/mol. The maximum Gasteiger partial charge on any atom is 0.227 e. The lowest BCUT2D eigenvalue weighted by atomic mass is 9.98. The third-order valence-corrected chi connectivity index (χ3v) is 6.79. The van der Waals surface area contributed by atoms with Crippen LogP contribution in [0.2, 0.25) is 0 Å². The molecule has 0 atom stereocenters. The Labute approximate surface area is 216 Å². The van der Waals surface area contributed by atoms with Gasteiger partial charge in [0.1, 0.15) is 11.2 Å². The Hall–Kier alpha value is -4.44. The van der Waals surface area contributed by atoms with Crippen LogP contribution >= 0.6 is 0 Å². The van der Waals surface area contributed by atoms with E-state index in [-0.39, 0.29) is 11.4 Å². The molecule has 4 heteroatoms. The van der Waals surface area contributed by atoms with Gasteiger partial charge in [-0.2, -0.15) is 0 Å². The fourth-order valence-corrected chi connectivity index (χ4v) is 5.09. The highest BCUT2D eigenvalue weighted by Gasteiger charge is 2.17. The van der Waals surface area contributed by atoms with Gasteiger partial charge in [0.2, 0.25) is 5.71 Å². The third-order valence-electron chi connectivity index (χ3n) is 6.79. The molecule has 4 heterocycles. The summed E-state index contributed by atoms with van der Waals surface area (Å²) in [6, 6.07) is 20.5. The van der Waals surface area contributed by atoms with E-state index >= 15 is 0 Å². The van der Waals surface area contributed by atoms with Crippen LogP contribution in [0, 0.1) is 27.6 Å². The molecule has 0 aliphatic heterocycles. The zero-order valence-corrected chi connectivity index (χ0v) is 19.6. The number of pyridine rings is 2. The molecule has 0 unspecified atom stereocenters.